The first-order chi connectivity index (χ1) is 5.91. The summed E-state index contributed by atoms with van der Waals surface area (Å²) >= 11 is -1.59. The van der Waals surface area contributed by atoms with Crippen LogP contribution in [-0.4, -0.2) is 39.2 Å². The zero-order valence-corrected chi connectivity index (χ0v) is 12.2. The maximum absolute atomic E-state index is 3.60. The summed E-state index contributed by atoms with van der Waals surface area (Å²) in [5, 5.41) is 0. The van der Waals surface area contributed by atoms with Gasteiger partial charge in [0.2, 0.25) is 0 Å². The molecule has 0 aliphatic carbocycles. The fourth-order valence-electron chi connectivity index (χ4n) is 0.886. The van der Waals surface area contributed by atoms with Gasteiger partial charge in [-0.25, -0.2) is 0 Å². The van der Waals surface area contributed by atoms with Crippen LogP contribution < -0.4 is 10.4 Å². The molecule has 0 saturated heterocycles. The third kappa shape index (κ3) is 9.01. The summed E-state index contributed by atoms with van der Waals surface area (Å²) in [5.41, 5.74) is 0. The predicted molar refractivity (Wildman–Crippen MR) is 60.6 cm³/mol. The second kappa shape index (κ2) is 7.05. The summed E-state index contributed by atoms with van der Waals surface area (Å²) in [6.45, 7) is 13.2. The molecule has 0 aliphatic rings. The number of hydrogen-bond acceptors (Lipinski definition) is 3. The first-order valence-corrected chi connectivity index (χ1v) is 8.83. The quantitative estimate of drug-likeness (QED) is 0.639. The summed E-state index contributed by atoms with van der Waals surface area (Å²) in [6.07, 6.45) is 0. The van der Waals surface area contributed by atoms with Crippen LogP contribution in [0.5, 0.6) is 0 Å². The average Bonchev–Trinajstić information content (AvgIpc) is 1.80. The van der Waals surface area contributed by atoms with Gasteiger partial charge < -0.3 is 0 Å². The molecule has 0 fully saturated rings. The second-order valence-electron chi connectivity index (χ2n) is 4.19. The third-order valence-corrected chi connectivity index (χ3v) is 7.79. The molecule has 0 amide bonds. The molecule has 0 aromatic rings. The van der Waals surface area contributed by atoms with Crippen molar-refractivity contribution in [1.29, 1.82) is 0 Å². The second-order valence-corrected chi connectivity index (χ2v) is 8.31. The van der Waals surface area contributed by atoms with Gasteiger partial charge in [-0.1, -0.05) is 0 Å². The van der Waals surface area contributed by atoms with Crippen molar-refractivity contribution in [2.45, 2.75) is 59.7 Å². The third-order valence-electron chi connectivity index (χ3n) is 1.16. The zero-order valence-electron chi connectivity index (χ0n) is 9.68. The van der Waals surface area contributed by atoms with Gasteiger partial charge in [0.15, 0.2) is 0 Å². The van der Waals surface area contributed by atoms with Gasteiger partial charge in [0, 0.05) is 0 Å². The molecule has 0 spiro atoms. The average molecular weight is 296 g/mol. The molecule has 0 radical (unpaired) electrons. The molecular formula is C9H24N3Sb. The molecule has 3 nitrogen and oxygen atoms in total. The van der Waals surface area contributed by atoms with Gasteiger partial charge in [-0.05, 0) is 0 Å². The maximum atomic E-state index is 3.60. The van der Waals surface area contributed by atoms with Crippen molar-refractivity contribution in [3.05, 3.63) is 0 Å². The van der Waals surface area contributed by atoms with Crippen molar-refractivity contribution in [1.82, 2.24) is 10.4 Å². The van der Waals surface area contributed by atoms with Crippen molar-refractivity contribution in [2.75, 3.05) is 0 Å². The Kier molecular flexibility index (Phi) is 7.43. The first-order valence-electron chi connectivity index (χ1n) is 5.00. The minimum atomic E-state index is -1.59. The van der Waals surface area contributed by atoms with Crippen molar-refractivity contribution in [3.63, 3.8) is 0 Å². The van der Waals surface area contributed by atoms with Crippen LogP contribution in [0.1, 0.15) is 41.5 Å². The van der Waals surface area contributed by atoms with E-state index in [2.05, 4.69) is 52.0 Å². The fraction of sp³-hybridized carbons (Fsp3) is 1.00. The van der Waals surface area contributed by atoms with E-state index in [0.717, 1.165) is 0 Å². The molecule has 0 atom stereocenters. The van der Waals surface area contributed by atoms with E-state index in [-0.39, 0.29) is 0 Å². The van der Waals surface area contributed by atoms with Crippen LogP contribution in [0, 0.1) is 0 Å². The molecule has 0 heterocycles. The van der Waals surface area contributed by atoms with Crippen molar-refractivity contribution < 1.29 is 0 Å². The Morgan fingerprint density at radius 2 is 0.846 bits per heavy atom. The molecule has 0 aromatic carbocycles. The molecule has 4 heteroatoms. The minimum absolute atomic E-state index is 0.570. The van der Waals surface area contributed by atoms with Gasteiger partial charge in [0.25, 0.3) is 0 Å². The Bertz CT molecular complexity index is 102. The monoisotopic (exact) mass is 295 g/mol. The van der Waals surface area contributed by atoms with E-state index in [0.29, 0.717) is 18.1 Å². The van der Waals surface area contributed by atoms with Gasteiger partial charge in [-0.3, -0.25) is 0 Å². The van der Waals surface area contributed by atoms with Crippen LogP contribution in [0.4, 0.5) is 0 Å². The Hall–Kier alpha value is 0.698. The van der Waals surface area contributed by atoms with Crippen LogP contribution in [-0.2, 0) is 0 Å². The summed E-state index contributed by atoms with van der Waals surface area (Å²) in [6, 6.07) is 1.71. The van der Waals surface area contributed by atoms with E-state index in [1.165, 1.54) is 0 Å². The van der Waals surface area contributed by atoms with Crippen molar-refractivity contribution in [3.8, 4) is 0 Å². The predicted octanol–water partition coefficient (Wildman–Crippen LogP) is 0.965. The topological polar surface area (TPSA) is 36.1 Å². The summed E-state index contributed by atoms with van der Waals surface area (Å²) < 4.78 is 10.8. The van der Waals surface area contributed by atoms with Crippen LogP contribution in [0.2, 0.25) is 0 Å². The number of rotatable bonds is 6. The summed E-state index contributed by atoms with van der Waals surface area (Å²) in [7, 11) is 0. The Morgan fingerprint density at radius 3 is 1.00 bits per heavy atom. The van der Waals surface area contributed by atoms with Crippen LogP contribution in [0.15, 0.2) is 0 Å². The summed E-state index contributed by atoms with van der Waals surface area (Å²) in [5.74, 6) is 0. The summed E-state index contributed by atoms with van der Waals surface area (Å²) in [4.78, 5) is 0. The fourth-order valence-corrected chi connectivity index (χ4v) is 5.95. The van der Waals surface area contributed by atoms with Gasteiger partial charge in [-0.2, -0.15) is 0 Å². The molecule has 13 heavy (non-hydrogen) atoms. The SMILES string of the molecule is CC(C)[NH][Sb]([NH]C(C)C)[NH]C(C)C. The van der Waals surface area contributed by atoms with Crippen LogP contribution >= 0.6 is 0 Å². The molecule has 80 valence electrons. The van der Waals surface area contributed by atoms with E-state index in [1.807, 2.05) is 0 Å². The molecule has 0 saturated carbocycles. The molecule has 0 rings (SSSR count). The normalized spacial score (nSPS) is 12.5. The molecule has 0 aliphatic heterocycles. The Morgan fingerprint density at radius 1 is 0.615 bits per heavy atom. The zero-order chi connectivity index (χ0) is 10.4. The molecule has 0 aromatic heterocycles. The Labute approximate surface area is 91.1 Å². The Balaban J connectivity index is 3.87. The molecule has 0 unspecified atom stereocenters. The van der Waals surface area contributed by atoms with E-state index in [4.69, 9.17) is 0 Å². The van der Waals surface area contributed by atoms with E-state index >= 15 is 0 Å². The van der Waals surface area contributed by atoms with Crippen LogP contribution in [0.25, 0.3) is 0 Å². The van der Waals surface area contributed by atoms with Crippen LogP contribution in [0.3, 0.4) is 0 Å². The number of hydrogen-bond donors (Lipinski definition) is 3. The van der Waals surface area contributed by atoms with E-state index in [1.54, 1.807) is 0 Å². The molecular weight excluding hydrogens is 272 g/mol. The van der Waals surface area contributed by atoms with Gasteiger partial charge >= 0.3 is 91.1 Å². The van der Waals surface area contributed by atoms with Crippen molar-refractivity contribution >= 4 is 21.0 Å². The van der Waals surface area contributed by atoms with Gasteiger partial charge in [-0.15, -0.1) is 0 Å². The molecule has 0 bridgehead atoms. The van der Waals surface area contributed by atoms with E-state index < -0.39 is 21.0 Å². The van der Waals surface area contributed by atoms with E-state index in [9.17, 15) is 0 Å². The van der Waals surface area contributed by atoms with Gasteiger partial charge in [0.1, 0.15) is 0 Å². The van der Waals surface area contributed by atoms with Crippen molar-refractivity contribution in [2.24, 2.45) is 0 Å². The standard InChI is InChI=1S/3C3H8N.Sb/c3*1-3(2)4;/h3*3-4H,1-2H3;/q3*-1;+3. The van der Waals surface area contributed by atoms with Gasteiger partial charge in [0.05, 0.1) is 0 Å². The molecule has 3 N–H and O–H groups in total. The number of nitrogens with one attached hydrogen (secondary N) is 3. The first kappa shape index (κ1) is 13.7.